The van der Waals surface area contributed by atoms with Crippen molar-refractivity contribution in [2.45, 2.75) is 38.6 Å². The molecule has 0 N–H and O–H groups in total. The van der Waals surface area contributed by atoms with Crippen LogP contribution in [0.4, 0.5) is 5.69 Å². The van der Waals surface area contributed by atoms with Crippen molar-refractivity contribution >= 4 is 34.2 Å². The summed E-state index contributed by atoms with van der Waals surface area (Å²) < 4.78 is 2.23. The van der Waals surface area contributed by atoms with E-state index in [2.05, 4.69) is 24.5 Å². The molecule has 1 amide bonds. The Morgan fingerprint density at radius 2 is 2.03 bits per heavy atom. The topological polar surface area (TPSA) is 81.3 Å². The first kappa shape index (κ1) is 20.3. The summed E-state index contributed by atoms with van der Waals surface area (Å²) in [5.74, 6) is 0.702. The highest BCUT2D eigenvalue weighted by molar-refractivity contribution is 6.31. The Balaban J connectivity index is 1.67. The highest BCUT2D eigenvalue weighted by atomic mass is 35.5. The summed E-state index contributed by atoms with van der Waals surface area (Å²) in [4.78, 5) is 30.6. The van der Waals surface area contributed by atoms with Gasteiger partial charge in [0.15, 0.2) is 0 Å². The lowest BCUT2D eigenvalue weighted by Gasteiger charge is -2.33. The monoisotopic (exact) mass is 426 g/mol. The molecule has 1 unspecified atom stereocenters. The molecular formula is C22H23ClN4O3. The van der Waals surface area contributed by atoms with E-state index >= 15 is 0 Å². The average Bonchev–Trinajstić information content (AvgIpc) is 3.13. The van der Waals surface area contributed by atoms with Crippen LogP contribution in [-0.2, 0) is 0 Å². The predicted octanol–water partition coefficient (Wildman–Crippen LogP) is 5.20. The number of amides is 1. The molecule has 1 aromatic heterocycles. The summed E-state index contributed by atoms with van der Waals surface area (Å²) in [5, 5.41) is 11.7. The van der Waals surface area contributed by atoms with Crippen molar-refractivity contribution in [3.63, 3.8) is 0 Å². The van der Waals surface area contributed by atoms with E-state index in [0.29, 0.717) is 13.1 Å². The summed E-state index contributed by atoms with van der Waals surface area (Å²) in [6, 6.07) is 12.5. The van der Waals surface area contributed by atoms with Gasteiger partial charge in [0.2, 0.25) is 0 Å². The number of likely N-dealkylation sites (tertiary alicyclic amines) is 1. The van der Waals surface area contributed by atoms with Gasteiger partial charge in [-0.2, -0.15) is 0 Å². The van der Waals surface area contributed by atoms with E-state index in [4.69, 9.17) is 16.6 Å². The van der Waals surface area contributed by atoms with Gasteiger partial charge in [0.05, 0.1) is 16.0 Å². The fourth-order valence-electron chi connectivity index (χ4n) is 4.27. The largest absolute Gasteiger partial charge is 0.338 e. The summed E-state index contributed by atoms with van der Waals surface area (Å²) in [6.07, 6.45) is 1.74. The van der Waals surface area contributed by atoms with E-state index in [1.54, 1.807) is 4.90 Å². The molecule has 1 saturated heterocycles. The number of hydrogen-bond donors (Lipinski definition) is 0. The van der Waals surface area contributed by atoms with Gasteiger partial charge in [-0.25, -0.2) is 4.98 Å². The minimum absolute atomic E-state index is 0.0717. The Morgan fingerprint density at radius 3 is 2.77 bits per heavy atom. The lowest BCUT2D eigenvalue weighted by atomic mass is 9.96. The Morgan fingerprint density at radius 1 is 1.27 bits per heavy atom. The van der Waals surface area contributed by atoms with Crippen molar-refractivity contribution < 1.29 is 9.72 Å². The third kappa shape index (κ3) is 3.65. The number of aromatic nitrogens is 2. The number of rotatable bonds is 4. The molecule has 0 aliphatic carbocycles. The van der Waals surface area contributed by atoms with Crippen molar-refractivity contribution in [2.75, 3.05) is 13.1 Å². The van der Waals surface area contributed by atoms with E-state index in [1.807, 2.05) is 18.2 Å². The zero-order valence-electron chi connectivity index (χ0n) is 16.9. The minimum atomic E-state index is -0.557. The third-order valence-corrected chi connectivity index (χ3v) is 5.84. The molecule has 2 heterocycles. The van der Waals surface area contributed by atoms with Crippen LogP contribution in [0.15, 0.2) is 42.5 Å². The number of para-hydroxylation sites is 2. The summed E-state index contributed by atoms with van der Waals surface area (Å²) >= 11 is 5.90. The number of benzene rings is 2. The SMILES string of the molecule is CC(C)n1c(C2CCCN(C(=O)c3ccc(Cl)cc3[N+](=O)[O-])C2)nc2ccccc21. The Hall–Kier alpha value is -2.93. The fraction of sp³-hybridized carbons (Fsp3) is 0.364. The molecule has 2 aromatic carbocycles. The molecule has 7 nitrogen and oxygen atoms in total. The molecule has 0 radical (unpaired) electrons. The molecule has 1 atom stereocenters. The number of imidazole rings is 1. The number of halogens is 1. The molecule has 30 heavy (non-hydrogen) atoms. The predicted molar refractivity (Wildman–Crippen MR) is 116 cm³/mol. The number of nitro groups is 1. The summed E-state index contributed by atoms with van der Waals surface area (Å²) in [6.45, 7) is 5.30. The number of nitrogens with zero attached hydrogens (tertiary/aromatic N) is 4. The van der Waals surface area contributed by atoms with Crippen LogP contribution in [0.5, 0.6) is 0 Å². The van der Waals surface area contributed by atoms with E-state index < -0.39 is 4.92 Å². The van der Waals surface area contributed by atoms with Crippen molar-refractivity contribution in [2.24, 2.45) is 0 Å². The maximum atomic E-state index is 13.2. The quantitative estimate of drug-likeness (QED) is 0.424. The Labute approximate surface area is 179 Å². The first-order valence-electron chi connectivity index (χ1n) is 10.1. The molecule has 156 valence electrons. The van der Waals surface area contributed by atoms with Gasteiger partial charge in [-0.3, -0.25) is 14.9 Å². The van der Waals surface area contributed by atoms with Crippen LogP contribution in [-0.4, -0.2) is 38.4 Å². The van der Waals surface area contributed by atoms with Gasteiger partial charge in [0.25, 0.3) is 11.6 Å². The van der Waals surface area contributed by atoms with Gasteiger partial charge in [-0.05, 0) is 51.0 Å². The smallest absolute Gasteiger partial charge is 0.283 e. The second kappa shape index (κ2) is 8.07. The molecule has 1 aliphatic rings. The first-order valence-corrected chi connectivity index (χ1v) is 10.4. The Bertz CT molecular complexity index is 1120. The van der Waals surface area contributed by atoms with E-state index in [-0.39, 0.29) is 34.1 Å². The van der Waals surface area contributed by atoms with Gasteiger partial charge in [0.1, 0.15) is 11.4 Å². The molecule has 4 rings (SSSR count). The summed E-state index contributed by atoms with van der Waals surface area (Å²) in [7, 11) is 0. The van der Waals surface area contributed by atoms with Gasteiger partial charge in [0, 0.05) is 36.1 Å². The minimum Gasteiger partial charge on any atom is -0.338 e. The lowest BCUT2D eigenvalue weighted by Crippen LogP contribution is -2.40. The van der Waals surface area contributed by atoms with Crippen molar-refractivity contribution in [3.8, 4) is 0 Å². The second-order valence-electron chi connectivity index (χ2n) is 7.93. The fourth-order valence-corrected chi connectivity index (χ4v) is 4.44. The van der Waals surface area contributed by atoms with Crippen LogP contribution < -0.4 is 0 Å². The van der Waals surface area contributed by atoms with Crippen LogP contribution in [0.3, 0.4) is 0 Å². The number of hydrogen-bond acceptors (Lipinski definition) is 4. The van der Waals surface area contributed by atoms with Crippen LogP contribution in [0.1, 0.15) is 54.8 Å². The number of fused-ring (bicyclic) bond motifs is 1. The lowest BCUT2D eigenvalue weighted by molar-refractivity contribution is -0.385. The van der Waals surface area contributed by atoms with Crippen molar-refractivity contribution in [1.29, 1.82) is 0 Å². The average molecular weight is 427 g/mol. The van der Waals surface area contributed by atoms with Gasteiger partial charge in [-0.1, -0.05) is 23.7 Å². The molecule has 1 aliphatic heterocycles. The van der Waals surface area contributed by atoms with Crippen LogP contribution >= 0.6 is 11.6 Å². The highest BCUT2D eigenvalue weighted by Gasteiger charge is 2.32. The zero-order valence-corrected chi connectivity index (χ0v) is 17.7. The zero-order chi connectivity index (χ0) is 21.4. The van der Waals surface area contributed by atoms with Crippen LogP contribution in [0.25, 0.3) is 11.0 Å². The van der Waals surface area contributed by atoms with Gasteiger partial charge < -0.3 is 9.47 Å². The maximum absolute atomic E-state index is 13.2. The number of carbonyl (C=O) groups excluding carboxylic acids is 1. The normalized spacial score (nSPS) is 16.9. The van der Waals surface area contributed by atoms with Gasteiger partial charge >= 0.3 is 0 Å². The van der Waals surface area contributed by atoms with Crippen LogP contribution in [0.2, 0.25) is 5.02 Å². The number of nitro benzene ring substituents is 1. The molecule has 0 spiro atoms. The number of piperidine rings is 1. The van der Waals surface area contributed by atoms with Crippen LogP contribution in [0, 0.1) is 10.1 Å². The molecular weight excluding hydrogens is 404 g/mol. The van der Waals surface area contributed by atoms with Crippen molar-refractivity contribution in [3.05, 3.63) is 69.0 Å². The van der Waals surface area contributed by atoms with Gasteiger partial charge in [-0.15, -0.1) is 0 Å². The molecule has 0 saturated carbocycles. The number of carbonyl (C=O) groups is 1. The molecule has 3 aromatic rings. The first-order chi connectivity index (χ1) is 14.4. The maximum Gasteiger partial charge on any atom is 0.283 e. The van der Waals surface area contributed by atoms with E-state index in [1.165, 1.54) is 18.2 Å². The Kier molecular flexibility index (Phi) is 5.47. The molecule has 0 bridgehead atoms. The highest BCUT2D eigenvalue weighted by Crippen LogP contribution is 2.33. The second-order valence-corrected chi connectivity index (χ2v) is 8.37. The molecule has 1 fully saturated rings. The van der Waals surface area contributed by atoms with E-state index in [0.717, 1.165) is 29.7 Å². The third-order valence-electron chi connectivity index (χ3n) is 5.60. The standard InChI is InChI=1S/C22H23ClN4O3/c1-14(2)26-19-8-4-3-7-18(19)24-21(26)15-6-5-11-25(13-15)22(28)17-10-9-16(23)12-20(17)27(29)30/h3-4,7-10,12,14-15H,5-6,11,13H2,1-2H3. The molecule has 8 heteroatoms. The van der Waals surface area contributed by atoms with Crippen molar-refractivity contribution in [1.82, 2.24) is 14.5 Å². The van der Waals surface area contributed by atoms with E-state index in [9.17, 15) is 14.9 Å². The summed E-state index contributed by atoms with van der Waals surface area (Å²) in [5.41, 5.74) is 1.84.